The van der Waals surface area contributed by atoms with Crippen LogP contribution in [0.4, 0.5) is 0 Å². The zero-order valence-electron chi connectivity index (χ0n) is 8.77. The highest BCUT2D eigenvalue weighted by Crippen LogP contribution is 2.14. The highest BCUT2D eigenvalue weighted by atomic mass is 16.5. The first-order valence-corrected chi connectivity index (χ1v) is 4.83. The number of carbonyl (C=O) groups excluding carboxylic acids is 1. The maximum atomic E-state index is 11.1. The van der Waals surface area contributed by atoms with E-state index in [0.717, 1.165) is 12.0 Å². The molecule has 4 heteroatoms. The molecule has 0 heterocycles. The van der Waals surface area contributed by atoms with Gasteiger partial charge in [-0.05, 0) is 30.7 Å². The number of hydrogen-bond acceptors (Lipinski definition) is 4. The molecule has 0 bridgehead atoms. The highest BCUT2D eigenvalue weighted by Gasteiger charge is 2.07. The van der Waals surface area contributed by atoms with Gasteiger partial charge in [-0.25, -0.2) is 4.79 Å². The number of benzene rings is 1. The van der Waals surface area contributed by atoms with Gasteiger partial charge < -0.3 is 16.2 Å². The van der Waals surface area contributed by atoms with E-state index in [1.807, 2.05) is 12.1 Å². The van der Waals surface area contributed by atoms with Crippen LogP contribution in [0.25, 0.3) is 0 Å². The van der Waals surface area contributed by atoms with Crippen molar-refractivity contribution in [3.63, 3.8) is 0 Å². The summed E-state index contributed by atoms with van der Waals surface area (Å²) in [5, 5.41) is 0. The summed E-state index contributed by atoms with van der Waals surface area (Å²) in [7, 11) is 1.36. The van der Waals surface area contributed by atoms with Crippen LogP contribution < -0.4 is 11.5 Å². The smallest absolute Gasteiger partial charge is 0.337 e. The van der Waals surface area contributed by atoms with E-state index in [4.69, 9.17) is 11.5 Å². The van der Waals surface area contributed by atoms with Gasteiger partial charge in [0.2, 0.25) is 0 Å². The summed E-state index contributed by atoms with van der Waals surface area (Å²) in [6, 6.07) is 7.00. The SMILES string of the molecule is COC(=O)c1ccc([C@@H](N)CCN)cc1. The van der Waals surface area contributed by atoms with Gasteiger partial charge in [-0.3, -0.25) is 0 Å². The van der Waals surface area contributed by atoms with E-state index in [0.29, 0.717) is 12.1 Å². The third-order valence-electron chi connectivity index (χ3n) is 2.24. The molecule has 1 atom stereocenters. The van der Waals surface area contributed by atoms with Crippen LogP contribution in [0, 0.1) is 0 Å². The zero-order valence-corrected chi connectivity index (χ0v) is 8.77. The number of esters is 1. The summed E-state index contributed by atoms with van der Waals surface area (Å²) in [5.41, 5.74) is 12.8. The van der Waals surface area contributed by atoms with Gasteiger partial charge in [0.05, 0.1) is 12.7 Å². The Kier molecular flexibility index (Phi) is 4.27. The number of rotatable bonds is 4. The molecule has 0 unspecified atom stereocenters. The van der Waals surface area contributed by atoms with Gasteiger partial charge in [0, 0.05) is 6.04 Å². The maximum Gasteiger partial charge on any atom is 0.337 e. The van der Waals surface area contributed by atoms with Gasteiger partial charge in [-0.15, -0.1) is 0 Å². The molecule has 1 aromatic carbocycles. The van der Waals surface area contributed by atoms with Gasteiger partial charge in [-0.2, -0.15) is 0 Å². The summed E-state index contributed by atoms with van der Waals surface area (Å²) in [6.45, 7) is 0.555. The molecule has 0 aliphatic heterocycles. The molecule has 4 N–H and O–H groups in total. The summed E-state index contributed by atoms with van der Waals surface area (Å²) in [5.74, 6) is -0.339. The first kappa shape index (κ1) is 11.7. The Morgan fingerprint density at radius 3 is 2.47 bits per heavy atom. The Bertz CT molecular complexity index is 322. The van der Waals surface area contributed by atoms with Crippen molar-refractivity contribution in [2.75, 3.05) is 13.7 Å². The van der Waals surface area contributed by atoms with Crippen molar-refractivity contribution in [1.82, 2.24) is 0 Å². The Balaban J connectivity index is 2.76. The van der Waals surface area contributed by atoms with Crippen molar-refractivity contribution in [1.29, 1.82) is 0 Å². The largest absolute Gasteiger partial charge is 0.465 e. The van der Waals surface area contributed by atoms with Crippen molar-refractivity contribution < 1.29 is 9.53 Å². The van der Waals surface area contributed by atoms with E-state index in [1.165, 1.54) is 7.11 Å². The molecule has 82 valence electrons. The number of ether oxygens (including phenoxy) is 1. The van der Waals surface area contributed by atoms with Crippen LogP contribution in [0.2, 0.25) is 0 Å². The monoisotopic (exact) mass is 208 g/mol. The molecule has 0 aliphatic carbocycles. The topological polar surface area (TPSA) is 78.3 Å². The number of carbonyl (C=O) groups is 1. The number of nitrogens with two attached hydrogens (primary N) is 2. The minimum Gasteiger partial charge on any atom is -0.465 e. The molecular weight excluding hydrogens is 192 g/mol. The fourth-order valence-corrected chi connectivity index (χ4v) is 1.33. The van der Waals surface area contributed by atoms with Crippen LogP contribution >= 0.6 is 0 Å². The molecule has 4 nitrogen and oxygen atoms in total. The van der Waals surface area contributed by atoms with Crippen molar-refractivity contribution in [3.05, 3.63) is 35.4 Å². The van der Waals surface area contributed by atoms with Crippen LogP contribution in [0.15, 0.2) is 24.3 Å². The van der Waals surface area contributed by atoms with Crippen LogP contribution in [0.5, 0.6) is 0 Å². The minimum absolute atomic E-state index is 0.0679. The average Bonchev–Trinajstić information content (AvgIpc) is 2.28. The van der Waals surface area contributed by atoms with Crippen LogP contribution in [0.3, 0.4) is 0 Å². The molecule has 0 aromatic heterocycles. The highest BCUT2D eigenvalue weighted by molar-refractivity contribution is 5.89. The van der Waals surface area contributed by atoms with Crippen molar-refractivity contribution in [2.24, 2.45) is 11.5 Å². The third kappa shape index (κ3) is 3.04. The van der Waals surface area contributed by atoms with Crippen LogP contribution in [-0.4, -0.2) is 19.6 Å². The fraction of sp³-hybridized carbons (Fsp3) is 0.364. The van der Waals surface area contributed by atoms with E-state index in [2.05, 4.69) is 4.74 Å². The zero-order chi connectivity index (χ0) is 11.3. The van der Waals surface area contributed by atoms with Crippen LogP contribution in [0.1, 0.15) is 28.4 Å². The van der Waals surface area contributed by atoms with Gasteiger partial charge in [0.1, 0.15) is 0 Å². The molecule has 1 aromatic rings. The molecule has 0 amide bonds. The van der Waals surface area contributed by atoms with Gasteiger partial charge in [0.15, 0.2) is 0 Å². The van der Waals surface area contributed by atoms with Crippen molar-refractivity contribution >= 4 is 5.97 Å². The van der Waals surface area contributed by atoms with E-state index in [9.17, 15) is 4.79 Å². The average molecular weight is 208 g/mol. The number of methoxy groups -OCH3 is 1. The Labute approximate surface area is 89.2 Å². The van der Waals surface area contributed by atoms with Crippen molar-refractivity contribution in [2.45, 2.75) is 12.5 Å². The summed E-state index contributed by atoms with van der Waals surface area (Å²) in [4.78, 5) is 11.1. The molecule has 0 fully saturated rings. The van der Waals surface area contributed by atoms with Gasteiger partial charge in [-0.1, -0.05) is 12.1 Å². The summed E-state index contributed by atoms with van der Waals surface area (Å²) >= 11 is 0. The first-order chi connectivity index (χ1) is 7.19. The van der Waals surface area contributed by atoms with E-state index in [1.54, 1.807) is 12.1 Å². The lowest BCUT2D eigenvalue weighted by atomic mass is 10.0. The molecule has 0 saturated carbocycles. The maximum absolute atomic E-state index is 11.1. The number of hydrogen-bond donors (Lipinski definition) is 2. The van der Waals surface area contributed by atoms with Crippen molar-refractivity contribution in [3.8, 4) is 0 Å². The molecule has 0 radical (unpaired) electrons. The molecular formula is C11H16N2O2. The Hall–Kier alpha value is -1.39. The first-order valence-electron chi connectivity index (χ1n) is 4.83. The molecule has 1 rings (SSSR count). The predicted molar refractivity (Wildman–Crippen MR) is 58.4 cm³/mol. The second-order valence-corrected chi connectivity index (χ2v) is 3.30. The lowest BCUT2D eigenvalue weighted by Crippen LogP contribution is -2.15. The molecule has 0 spiro atoms. The lowest BCUT2D eigenvalue weighted by Gasteiger charge is -2.10. The van der Waals surface area contributed by atoms with E-state index >= 15 is 0 Å². The lowest BCUT2D eigenvalue weighted by molar-refractivity contribution is 0.0600. The third-order valence-corrected chi connectivity index (χ3v) is 2.24. The predicted octanol–water partition coefficient (Wildman–Crippen LogP) is 0.822. The normalized spacial score (nSPS) is 12.2. The second kappa shape index (κ2) is 5.48. The quantitative estimate of drug-likeness (QED) is 0.718. The fourth-order valence-electron chi connectivity index (χ4n) is 1.33. The van der Waals surface area contributed by atoms with E-state index in [-0.39, 0.29) is 12.0 Å². The Morgan fingerprint density at radius 1 is 1.40 bits per heavy atom. The van der Waals surface area contributed by atoms with Gasteiger partial charge in [0.25, 0.3) is 0 Å². The minimum atomic E-state index is -0.339. The standard InChI is InChI=1S/C11H16N2O2/c1-15-11(14)9-4-2-8(3-5-9)10(13)6-7-12/h2-5,10H,6-7,12-13H2,1H3/t10-/m0/s1. The molecule has 15 heavy (non-hydrogen) atoms. The molecule has 0 aliphatic rings. The van der Waals surface area contributed by atoms with Crippen LogP contribution in [-0.2, 0) is 4.74 Å². The summed E-state index contributed by atoms with van der Waals surface area (Å²) < 4.78 is 4.59. The second-order valence-electron chi connectivity index (χ2n) is 3.30. The van der Waals surface area contributed by atoms with E-state index < -0.39 is 0 Å². The summed E-state index contributed by atoms with van der Waals surface area (Å²) in [6.07, 6.45) is 0.734. The van der Waals surface area contributed by atoms with Gasteiger partial charge >= 0.3 is 5.97 Å². The molecule has 0 saturated heterocycles. The Morgan fingerprint density at radius 2 is 2.00 bits per heavy atom.